The van der Waals surface area contributed by atoms with Gasteiger partial charge in [0.2, 0.25) is 11.8 Å². The molecule has 0 radical (unpaired) electrons. The van der Waals surface area contributed by atoms with Crippen molar-refractivity contribution < 1.29 is 33.4 Å². The number of carbonyl (C=O) groups excluding carboxylic acids is 4. The number of aliphatic hydroxyl groups excluding tert-OH is 1. The van der Waals surface area contributed by atoms with Crippen molar-refractivity contribution in [3.8, 4) is 0 Å². The standard InChI is InChI=1S/C28H37N3O7/c1-17(2)26-19(4)9-10-24(34)29-11-5-7-18(3)13-20(32)14-21(33)15-25-30-22(16-37-25)27(35)31-12-6-8-23(31)28(36)38-26/h5,7,9-10,13,16-17,19-20,23,26,32H,6,8,11-12,14-15H2,1-4H3,(H,29,34)/b7-5+,10-9+,18-13+/t19-,20?,23-,26-/m1/s1. The number of nitrogens with one attached hydrogen (secondary N) is 1. The van der Waals surface area contributed by atoms with E-state index in [1.165, 1.54) is 17.2 Å². The third kappa shape index (κ3) is 7.98. The summed E-state index contributed by atoms with van der Waals surface area (Å²) in [4.78, 5) is 56.6. The van der Waals surface area contributed by atoms with Crippen molar-refractivity contribution in [2.24, 2.45) is 11.8 Å². The van der Waals surface area contributed by atoms with Crippen LogP contribution in [0.5, 0.6) is 0 Å². The molecule has 0 aromatic carbocycles. The van der Waals surface area contributed by atoms with Crippen molar-refractivity contribution in [2.45, 2.75) is 71.6 Å². The molecule has 0 spiro atoms. The fourth-order valence-electron chi connectivity index (χ4n) is 4.66. The molecule has 1 saturated heterocycles. The number of aromatic nitrogens is 1. The Bertz CT molecular complexity index is 1120. The average molecular weight is 528 g/mol. The Morgan fingerprint density at radius 3 is 2.68 bits per heavy atom. The van der Waals surface area contributed by atoms with Gasteiger partial charge in [0, 0.05) is 25.4 Å². The zero-order chi connectivity index (χ0) is 27.8. The first-order valence-corrected chi connectivity index (χ1v) is 13.0. The van der Waals surface area contributed by atoms with Crippen LogP contribution >= 0.6 is 0 Å². The first kappa shape index (κ1) is 29.0. The highest BCUT2D eigenvalue weighted by Crippen LogP contribution is 2.25. The second-order valence-corrected chi connectivity index (χ2v) is 10.2. The number of ether oxygens (including phenoxy) is 1. The Hall–Kier alpha value is -3.53. The molecular weight excluding hydrogens is 490 g/mol. The van der Waals surface area contributed by atoms with Gasteiger partial charge in [-0.3, -0.25) is 14.4 Å². The number of aliphatic hydroxyl groups is 1. The number of Topliss-reactive ketones (excluding diaryl/α,β-unsaturated/α-hetero) is 1. The summed E-state index contributed by atoms with van der Waals surface area (Å²) in [6.07, 6.45) is 8.62. The van der Waals surface area contributed by atoms with E-state index in [1.807, 2.05) is 20.8 Å². The Kier molecular flexibility index (Phi) is 10.2. The first-order chi connectivity index (χ1) is 18.0. The molecule has 0 saturated carbocycles. The number of rotatable bonds is 1. The minimum absolute atomic E-state index is 0.00930. The predicted molar refractivity (Wildman–Crippen MR) is 139 cm³/mol. The van der Waals surface area contributed by atoms with Gasteiger partial charge >= 0.3 is 5.97 Å². The molecule has 2 N–H and O–H groups in total. The highest BCUT2D eigenvalue weighted by Gasteiger charge is 2.38. The predicted octanol–water partition coefficient (Wildman–Crippen LogP) is 2.53. The summed E-state index contributed by atoms with van der Waals surface area (Å²) < 4.78 is 11.2. The summed E-state index contributed by atoms with van der Waals surface area (Å²) in [6, 6.07) is -0.761. The Morgan fingerprint density at radius 1 is 1.18 bits per heavy atom. The lowest BCUT2D eigenvalue weighted by molar-refractivity contribution is -0.158. The molecule has 1 aromatic rings. The molecule has 1 fully saturated rings. The van der Waals surface area contributed by atoms with E-state index in [1.54, 1.807) is 31.2 Å². The highest BCUT2D eigenvalue weighted by atomic mass is 16.5. The lowest BCUT2D eigenvalue weighted by Crippen LogP contribution is -2.44. The number of fused-ring (bicyclic) bond motifs is 3. The summed E-state index contributed by atoms with van der Waals surface area (Å²) in [5.74, 6) is -1.76. The van der Waals surface area contributed by atoms with Gasteiger partial charge < -0.3 is 24.5 Å². The normalized spacial score (nSPS) is 29.7. The molecule has 2 aliphatic heterocycles. The van der Waals surface area contributed by atoms with Crippen LogP contribution in [-0.4, -0.2) is 69.9 Å². The summed E-state index contributed by atoms with van der Waals surface area (Å²) in [5, 5.41) is 13.0. The first-order valence-electron chi connectivity index (χ1n) is 13.0. The maximum absolute atomic E-state index is 13.2. The van der Waals surface area contributed by atoms with Crippen LogP contribution in [0.4, 0.5) is 0 Å². The number of allylic oxidation sites excluding steroid dienone is 2. The van der Waals surface area contributed by atoms with Crippen LogP contribution in [0.25, 0.3) is 0 Å². The second-order valence-electron chi connectivity index (χ2n) is 10.2. The van der Waals surface area contributed by atoms with Crippen molar-refractivity contribution in [1.29, 1.82) is 0 Å². The van der Waals surface area contributed by atoms with Crippen molar-refractivity contribution in [3.63, 3.8) is 0 Å². The molecule has 2 aliphatic rings. The molecule has 1 unspecified atom stereocenters. The van der Waals surface area contributed by atoms with Crippen LogP contribution in [0.1, 0.15) is 63.3 Å². The van der Waals surface area contributed by atoms with Crippen molar-refractivity contribution >= 4 is 23.6 Å². The van der Waals surface area contributed by atoms with Crippen molar-refractivity contribution in [1.82, 2.24) is 15.2 Å². The van der Waals surface area contributed by atoms with Crippen LogP contribution in [-0.2, 0) is 25.5 Å². The second kappa shape index (κ2) is 13.3. The molecule has 10 nitrogen and oxygen atoms in total. The quantitative estimate of drug-likeness (QED) is 0.531. The minimum atomic E-state index is -1.01. The smallest absolute Gasteiger partial charge is 0.329 e. The monoisotopic (exact) mass is 527 g/mol. The van der Waals surface area contributed by atoms with Crippen LogP contribution in [0.2, 0.25) is 0 Å². The van der Waals surface area contributed by atoms with Gasteiger partial charge in [-0.25, -0.2) is 9.78 Å². The van der Waals surface area contributed by atoms with Crippen molar-refractivity contribution in [3.05, 3.63) is 53.8 Å². The van der Waals surface area contributed by atoms with E-state index in [4.69, 9.17) is 9.15 Å². The molecule has 1 aromatic heterocycles. The third-order valence-corrected chi connectivity index (χ3v) is 6.55. The molecule has 4 atom stereocenters. The Balaban J connectivity index is 1.85. The number of nitrogens with zero attached hydrogens (tertiary/aromatic N) is 2. The van der Waals surface area contributed by atoms with Crippen LogP contribution < -0.4 is 5.32 Å². The zero-order valence-corrected chi connectivity index (χ0v) is 22.4. The number of ketones is 1. The third-order valence-electron chi connectivity index (χ3n) is 6.55. The van der Waals surface area contributed by atoms with Gasteiger partial charge in [-0.15, -0.1) is 0 Å². The summed E-state index contributed by atoms with van der Waals surface area (Å²) in [6.45, 7) is 8.16. The zero-order valence-electron chi connectivity index (χ0n) is 22.4. The van der Waals surface area contributed by atoms with Crippen LogP contribution in [0, 0.1) is 11.8 Å². The molecule has 3 heterocycles. The lowest BCUT2D eigenvalue weighted by Gasteiger charge is -2.29. The largest absolute Gasteiger partial charge is 0.460 e. The molecule has 3 rings (SSSR count). The number of carbonyl (C=O) groups is 4. The van der Waals surface area contributed by atoms with E-state index in [0.717, 1.165) is 5.57 Å². The number of hydrogen-bond donors (Lipinski definition) is 2. The summed E-state index contributed by atoms with van der Waals surface area (Å²) in [5.41, 5.74) is 0.739. The maximum atomic E-state index is 13.2. The fraction of sp³-hybridized carbons (Fsp3) is 0.536. The maximum Gasteiger partial charge on any atom is 0.329 e. The SMILES string of the molecule is CC1=C\C(O)CC(=O)Cc2nc(co2)C(=O)N2CCC[C@@H]2C(=O)O[C@H](C(C)C)[C@H](C)/C=C/C(=O)NC\C=C\1. The molecule has 206 valence electrons. The van der Waals surface area contributed by atoms with E-state index in [-0.39, 0.29) is 54.5 Å². The number of oxazole rings is 1. The van der Waals surface area contributed by atoms with Gasteiger partial charge in [-0.2, -0.15) is 0 Å². The van der Waals surface area contributed by atoms with Gasteiger partial charge in [0.25, 0.3) is 5.91 Å². The highest BCUT2D eigenvalue weighted by molar-refractivity contribution is 5.95. The number of cyclic esters (lactones) is 1. The number of amides is 2. The fourth-order valence-corrected chi connectivity index (χ4v) is 4.66. The van der Waals surface area contributed by atoms with Gasteiger partial charge in [0.05, 0.1) is 12.5 Å². The van der Waals surface area contributed by atoms with Gasteiger partial charge in [-0.1, -0.05) is 50.6 Å². The number of hydrogen-bond acceptors (Lipinski definition) is 8. The summed E-state index contributed by atoms with van der Waals surface area (Å²) in [7, 11) is 0. The van der Waals surface area contributed by atoms with E-state index in [9.17, 15) is 24.3 Å². The van der Waals surface area contributed by atoms with E-state index in [0.29, 0.717) is 19.4 Å². The molecule has 10 heteroatoms. The van der Waals surface area contributed by atoms with Crippen LogP contribution in [0.15, 0.2) is 46.6 Å². The minimum Gasteiger partial charge on any atom is -0.460 e. The van der Waals surface area contributed by atoms with E-state index >= 15 is 0 Å². The average Bonchev–Trinajstić information content (AvgIpc) is 3.52. The Morgan fingerprint density at radius 2 is 1.95 bits per heavy atom. The lowest BCUT2D eigenvalue weighted by atomic mass is 9.94. The van der Waals surface area contributed by atoms with Crippen molar-refractivity contribution in [2.75, 3.05) is 13.1 Å². The van der Waals surface area contributed by atoms with E-state index < -0.39 is 30.1 Å². The molecule has 2 amide bonds. The molecule has 38 heavy (non-hydrogen) atoms. The topological polar surface area (TPSA) is 139 Å². The van der Waals surface area contributed by atoms with Crippen LogP contribution in [0.3, 0.4) is 0 Å². The molecule has 2 bridgehead atoms. The van der Waals surface area contributed by atoms with E-state index in [2.05, 4.69) is 10.3 Å². The van der Waals surface area contributed by atoms with Gasteiger partial charge in [0.1, 0.15) is 24.2 Å². The van der Waals surface area contributed by atoms with Gasteiger partial charge in [0.15, 0.2) is 5.69 Å². The number of esters is 1. The summed E-state index contributed by atoms with van der Waals surface area (Å²) >= 11 is 0. The molecular formula is C28H37N3O7. The molecule has 0 aliphatic carbocycles. The van der Waals surface area contributed by atoms with Gasteiger partial charge in [-0.05, 0) is 31.8 Å². The Labute approximate surface area is 222 Å².